The number of hydrogen-bond acceptors (Lipinski definition) is 6. The Bertz CT molecular complexity index is 1350. The van der Waals surface area contributed by atoms with Crippen molar-refractivity contribution in [3.05, 3.63) is 72.3 Å². The van der Waals surface area contributed by atoms with Crippen LogP contribution in [0.5, 0.6) is 0 Å². The summed E-state index contributed by atoms with van der Waals surface area (Å²) in [5, 5.41) is 2.34. The molecule has 27 heavy (non-hydrogen) atoms. The number of hydrogen-bond donors (Lipinski definition) is 0. The molecule has 0 fully saturated rings. The molecule has 0 saturated carbocycles. The van der Waals surface area contributed by atoms with E-state index in [1.807, 2.05) is 6.20 Å². The summed E-state index contributed by atoms with van der Waals surface area (Å²) in [7, 11) is 0. The third-order valence-electron chi connectivity index (χ3n) is 4.69. The lowest BCUT2D eigenvalue weighted by Gasteiger charge is -2.02. The van der Waals surface area contributed by atoms with E-state index in [0.29, 0.717) is 0 Å². The predicted molar refractivity (Wildman–Crippen MR) is 113 cm³/mol. The van der Waals surface area contributed by atoms with Crippen molar-refractivity contribution in [1.82, 2.24) is 19.9 Å². The predicted octanol–water partition coefficient (Wildman–Crippen LogP) is 5.59. The van der Waals surface area contributed by atoms with Crippen molar-refractivity contribution in [3.63, 3.8) is 0 Å². The quantitative estimate of drug-likeness (QED) is 0.390. The second kappa shape index (κ2) is 5.77. The SMILES string of the molecule is c1ccc2c(c1)sc1ncc(Cc3ccc4sc5nccnc5c4c3)nc12. The van der Waals surface area contributed by atoms with Crippen molar-refractivity contribution in [2.75, 3.05) is 0 Å². The Labute approximate surface area is 162 Å². The molecular formula is C21H12N4S2. The fourth-order valence-corrected chi connectivity index (χ4v) is 5.43. The molecule has 4 heterocycles. The number of aromatic nitrogens is 4. The number of nitrogens with zero attached hydrogens (tertiary/aromatic N) is 4. The highest BCUT2D eigenvalue weighted by molar-refractivity contribution is 7.25. The smallest absolute Gasteiger partial charge is 0.143 e. The van der Waals surface area contributed by atoms with Gasteiger partial charge < -0.3 is 0 Å². The van der Waals surface area contributed by atoms with Crippen LogP contribution in [0.2, 0.25) is 0 Å². The van der Waals surface area contributed by atoms with Gasteiger partial charge >= 0.3 is 0 Å². The zero-order valence-electron chi connectivity index (χ0n) is 14.1. The van der Waals surface area contributed by atoms with Gasteiger partial charge in [0, 0.05) is 39.0 Å². The van der Waals surface area contributed by atoms with E-state index >= 15 is 0 Å². The van der Waals surface area contributed by atoms with Crippen LogP contribution in [0.4, 0.5) is 0 Å². The average molecular weight is 384 g/mol. The van der Waals surface area contributed by atoms with E-state index in [1.165, 1.54) is 20.3 Å². The number of rotatable bonds is 2. The minimum absolute atomic E-state index is 0.751. The fourth-order valence-electron chi connectivity index (χ4n) is 3.46. The minimum Gasteiger partial charge on any atom is -0.251 e. The molecule has 4 aromatic heterocycles. The van der Waals surface area contributed by atoms with Crippen LogP contribution in [0.3, 0.4) is 0 Å². The van der Waals surface area contributed by atoms with Crippen molar-refractivity contribution in [2.45, 2.75) is 6.42 Å². The van der Waals surface area contributed by atoms with Crippen LogP contribution in [0.15, 0.2) is 61.1 Å². The highest BCUT2D eigenvalue weighted by atomic mass is 32.1. The van der Waals surface area contributed by atoms with E-state index in [0.717, 1.165) is 38.2 Å². The standard InChI is InChI=1S/C21H12N4S2/c1-2-4-16-14(3-1)19-21(26-16)24-11-13(25-19)9-12-5-6-17-15(10-12)18-20(27-17)23-8-7-22-18/h1-8,10-11H,9H2. The minimum atomic E-state index is 0.751. The summed E-state index contributed by atoms with van der Waals surface area (Å²) in [4.78, 5) is 20.5. The molecule has 0 N–H and O–H groups in total. The molecule has 0 aliphatic heterocycles. The fraction of sp³-hybridized carbons (Fsp3) is 0.0476. The van der Waals surface area contributed by atoms with E-state index < -0.39 is 0 Å². The van der Waals surface area contributed by atoms with Gasteiger partial charge in [0.1, 0.15) is 20.7 Å². The summed E-state index contributed by atoms with van der Waals surface area (Å²) < 4.78 is 2.44. The number of thiophene rings is 2. The van der Waals surface area contributed by atoms with Crippen LogP contribution in [0.25, 0.3) is 40.9 Å². The first-order valence-electron chi connectivity index (χ1n) is 8.60. The maximum Gasteiger partial charge on any atom is 0.143 e. The number of fused-ring (bicyclic) bond motifs is 6. The van der Waals surface area contributed by atoms with E-state index in [4.69, 9.17) is 4.98 Å². The first kappa shape index (κ1) is 15.1. The van der Waals surface area contributed by atoms with Crippen molar-refractivity contribution in [2.24, 2.45) is 0 Å². The molecule has 0 unspecified atom stereocenters. The van der Waals surface area contributed by atoms with Crippen molar-refractivity contribution >= 4 is 63.5 Å². The van der Waals surface area contributed by atoms with Gasteiger partial charge in [0.2, 0.25) is 0 Å². The molecule has 0 spiro atoms. The van der Waals surface area contributed by atoms with E-state index in [2.05, 4.69) is 57.4 Å². The first-order chi connectivity index (χ1) is 13.3. The number of benzene rings is 2. The van der Waals surface area contributed by atoms with Gasteiger partial charge in [-0.1, -0.05) is 24.3 Å². The first-order valence-corrected chi connectivity index (χ1v) is 10.2. The van der Waals surface area contributed by atoms with E-state index in [9.17, 15) is 0 Å². The Morgan fingerprint density at radius 3 is 2.52 bits per heavy atom. The van der Waals surface area contributed by atoms with Crippen LogP contribution >= 0.6 is 22.7 Å². The summed E-state index contributed by atoms with van der Waals surface area (Å²) in [5.74, 6) is 0. The Hall–Kier alpha value is -2.96. The molecule has 4 nitrogen and oxygen atoms in total. The van der Waals surface area contributed by atoms with Gasteiger partial charge in [0.15, 0.2) is 0 Å². The van der Waals surface area contributed by atoms with Gasteiger partial charge in [-0.3, -0.25) is 4.98 Å². The van der Waals surface area contributed by atoms with Crippen molar-refractivity contribution < 1.29 is 0 Å². The average Bonchev–Trinajstić information content (AvgIpc) is 3.26. The molecule has 2 aromatic carbocycles. The highest BCUT2D eigenvalue weighted by Crippen LogP contribution is 2.33. The second-order valence-electron chi connectivity index (χ2n) is 6.43. The lowest BCUT2D eigenvalue weighted by atomic mass is 10.1. The molecule has 6 aromatic rings. The lowest BCUT2D eigenvalue weighted by Crippen LogP contribution is -1.93. The maximum atomic E-state index is 4.91. The van der Waals surface area contributed by atoms with Crippen LogP contribution < -0.4 is 0 Å². The molecule has 6 rings (SSSR count). The van der Waals surface area contributed by atoms with E-state index in [-0.39, 0.29) is 0 Å². The largest absolute Gasteiger partial charge is 0.251 e. The van der Waals surface area contributed by atoms with Gasteiger partial charge in [0.05, 0.1) is 11.9 Å². The molecule has 128 valence electrons. The summed E-state index contributed by atoms with van der Waals surface area (Å²) in [5.41, 5.74) is 4.17. The summed E-state index contributed by atoms with van der Waals surface area (Å²) in [6, 6.07) is 14.9. The Balaban J connectivity index is 1.46. The molecule has 6 heteroatoms. The normalized spacial score (nSPS) is 11.9. The summed E-state index contributed by atoms with van der Waals surface area (Å²) in [6.07, 6.45) is 6.14. The molecule has 0 aliphatic rings. The Morgan fingerprint density at radius 2 is 1.56 bits per heavy atom. The third kappa shape index (κ3) is 2.41. The zero-order valence-corrected chi connectivity index (χ0v) is 15.7. The molecular weight excluding hydrogens is 372 g/mol. The van der Waals surface area contributed by atoms with Crippen LogP contribution in [-0.2, 0) is 6.42 Å². The van der Waals surface area contributed by atoms with Crippen LogP contribution in [0.1, 0.15) is 11.3 Å². The Morgan fingerprint density at radius 1 is 0.741 bits per heavy atom. The Kier molecular flexibility index (Phi) is 3.23. The van der Waals surface area contributed by atoms with Crippen molar-refractivity contribution in [1.29, 1.82) is 0 Å². The molecule has 0 saturated heterocycles. The molecule has 0 radical (unpaired) electrons. The molecule has 0 atom stereocenters. The van der Waals surface area contributed by atoms with Crippen molar-refractivity contribution in [3.8, 4) is 0 Å². The zero-order chi connectivity index (χ0) is 17.8. The maximum absolute atomic E-state index is 4.91. The van der Waals surface area contributed by atoms with Gasteiger partial charge in [0.25, 0.3) is 0 Å². The molecule has 0 aliphatic carbocycles. The summed E-state index contributed by atoms with van der Waals surface area (Å²) in [6.45, 7) is 0. The lowest BCUT2D eigenvalue weighted by molar-refractivity contribution is 1.08. The van der Waals surface area contributed by atoms with Gasteiger partial charge in [-0.15, -0.1) is 22.7 Å². The third-order valence-corrected chi connectivity index (χ3v) is 6.83. The van der Waals surface area contributed by atoms with Crippen LogP contribution in [0, 0.1) is 0 Å². The van der Waals surface area contributed by atoms with Gasteiger partial charge in [-0.25, -0.2) is 15.0 Å². The second-order valence-corrected chi connectivity index (χ2v) is 8.49. The van der Waals surface area contributed by atoms with Crippen LogP contribution in [-0.4, -0.2) is 19.9 Å². The van der Waals surface area contributed by atoms with Gasteiger partial charge in [-0.05, 0) is 23.8 Å². The highest BCUT2D eigenvalue weighted by Gasteiger charge is 2.11. The monoisotopic (exact) mass is 384 g/mol. The topological polar surface area (TPSA) is 51.6 Å². The molecule has 0 bridgehead atoms. The van der Waals surface area contributed by atoms with Gasteiger partial charge in [-0.2, -0.15) is 0 Å². The molecule has 0 amide bonds. The van der Waals surface area contributed by atoms with E-state index in [1.54, 1.807) is 35.1 Å². The summed E-state index contributed by atoms with van der Waals surface area (Å²) >= 11 is 3.37.